The van der Waals surface area contributed by atoms with Crippen LogP contribution in [0.5, 0.6) is 0 Å². The molecule has 0 aliphatic carbocycles. The third-order valence-corrected chi connectivity index (χ3v) is 3.26. The van der Waals surface area contributed by atoms with Gasteiger partial charge in [-0.05, 0) is 20.3 Å². The molecule has 0 fully saturated rings. The molecule has 0 aromatic heterocycles. The van der Waals surface area contributed by atoms with Crippen molar-refractivity contribution in [3.05, 3.63) is 11.5 Å². The summed E-state index contributed by atoms with van der Waals surface area (Å²) in [4.78, 5) is 11.9. The van der Waals surface area contributed by atoms with Gasteiger partial charge in [0.05, 0.1) is 18.8 Å². The molecular formula is C16H28O7. The Morgan fingerprint density at radius 2 is 1.96 bits per heavy atom. The predicted octanol–water partition coefficient (Wildman–Crippen LogP) is 0.861. The van der Waals surface area contributed by atoms with Crippen molar-refractivity contribution in [2.75, 3.05) is 19.8 Å². The molecule has 7 nitrogen and oxygen atoms in total. The number of cyclic esters (lactones) is 1. The molecule has 2 atom stereocenters. The molecule has 7 heteroatoms. The van der Waals surface area contributed by atoms with Crippen LogP contribution >= 0.6 is 0 Å². The van der Waals surface area contributed by atoms with Crippen molar-refractivity contribution < 1.29 is 34.3 Å². The van der Waals surface area contributed by atoms with Gasteiger partial charge in [-0.25, -0.2) is 4.79 Å². The van der Waals surface area contributed by atoms with Crippen LogP contribution in [0, 0.1) is 0 Å². The first-order valence-corrected chi connectivity index (χ1v) is 8.02. The van der Waals surface area contributed by atoms with Crippen LogP contribution in [0.15, 0.2) is 11.5 Å². The number of rotatable bonds is 11. The van der Waals surface area contributed by atoms with Gasteiger partial charge in [-0.3, -0.25) is 0 Å². The molecule has 1 aliphatic heterocycles. The number of hydrogen-bond donors (Lipinski definition) is 3. The summed E-state index contributed by atoms with van der Waals surface area (Å²) in [6, 6.07) is 0. The summed E-state index contributed by atoms with van der Waals surface area (Å²) in [7, 11) is 0. The first-order chi connectivity index (χ1) is 10.8. The van der Waals surface area contributed by atoms with Gasteiger partial charge in [0.2, 0.25) is 5.76 Å². The zero-order chi connectivity index (χ0) is 17.5. The summed E-state index contributed by atoms with van der Waals surface area (Å²) in [6.45, 7) is 4.85. The molecule has 0 unspecified atom stereocenters. The molecule has 0 spiro atoms. The van der Waals surface area contributed by atoms with Crippen LogP contribution in [0.2, 0.25) is 0 Å². The van der Waals surface area contributed by atoms with E-state index >= 15 is 0 Å². The molecule has 0 radical (unpaired) electrons. The maximum absolute atomic E-state index is 11.9. The fourth-order valence-electron chi connectivity index (χ4n) is 2.04. The predicted molar refractivity (Wildman–Crippen MR) is 82.3 cm³/mol. The lowest BCUT2D eigenvalue weighted by atomic mass is 10.1. The minimum Gasteiger partial charge on any atom is -0.487 e. The number of aliphatic hydroxyl groups excluding tert-OH is 2. The van der Waals surface area contributed by atoms with Gasteiger partial charge in [-0.1, -0.05) is 26.2 Å². The van der Waals surface area contributed by atoms with E-state index in [9.17, 15) is 15.0 Å². The van der Waals surface area contributed by atoms with E-state index in [1.54, 1.807) is 13.8 Å². The third-order valence-electron chi connectivity index (χ3n) is 3.26. The highest BCUT2D eigenvalue weighted by Gasteiger charge is 2.42. The Labute approximate surface area is 136 Å². The van der Waals surface area contributed by atoms with Gasteiger partial charge in [-0.15, -0.1) is 0 Å². The Balaban J connectivity index is 2.78. The normalized spacial score (nSPS) is 19.7. The number of aliphatic hydroxyl groups is 3. The number of ether oxygens (including phenoxy) is 3. The molecule has 0 saturated carbocycles. The minimum absolute atomic E-state index is 0.0224. The Morgan fingerprint density at radius 1 is 1.26 bits per heavy atom. The van der Waals surface area contributed by atoms with E-state index in [1.165, 1.54) is 0 Å². The zero-order valence-corrected chi connectivity index (χ0v) is 14.1. The Kier molecular flexibility index (Phi) is 7.81. The molecule has 3 N–H and O–H groups in total. The van der Waals surface area contributed by atoms with E-state index in [0.717, 1.165) is 25.7 Å². The summed E-state index contributed by atoms with van der Waals surface area (Å²) in [5.41, 5.74) is -1.13. The van der Waals surface area contributed by atoms with E-state index in [0.29, 0.717) is 6.61 Å². The van der Waals surface area contributed by atoms with Crippen molar-refractivity contribution in [2.45, 2.75) is 64.3 Å². The number of carbonyl (C=O) groups is 1. The van der Waals surface area contributed by atoms with Gasteiger partial charge in [0, 0.05) is 0 Å². The average Bonchev–Trinajstić information content (AvgIpc) is 2.80. The van der Waals surface area contributed by atoms with Crippen molar-refractivity contribution in [3.63, 3.8) is 0 Å². The highest BCUT2D eigenvalue weighted by Crippen LogP contribution is 2.28. The van der Waals surface area contributed by atoms with Crippen LogP contribution in [0.3, 0.4) is 0 Å². The lowest BCUT2D eigenvalue weighted by Crippen LogP contribution is -2.34. The first kappa shape index (κ1) is 19.7. The summed E-state index contributed by atoms with van der Waals surface area (Å²) < 4.78 is 16.0. The smallest absolute Gasteiger partial charge is 0.378 e. The van der Waals surface area contributed by atoms with Gasteiger partial charge < -0.3 is 29.5 Å². The number of esters is 1. The molecule has 0 aromatic rings. The van der Waals surface area contributed by atoms with Gasteiger partial charge in [0.1, 0.15) is 12.7 Å². The fourth-order valence-corrected chi connectivity index (χ4v) is 2.04. The summed E-state index contributed by atoms with van der Waals surface area (Å²) in [6.07, 6.45) is 1.52. The SMILES string of the molecule is CCCCCCOC1=C(OCC(C)(C)O)[C@@H]([C@@H](O)CO)OC1=O. The molecule has 0 bridgehead atoms. The second-order valence-electron chi connectivity index (χ2n) is 6.28. The molecule has 0 aromatic carbocycles. The quantitative estimate of drug-likeness (QED) is 0.381. The van der Waals surface area contributed by atoms with Crippen LogP contribution < -0.4 is 0 Å². The Hall–Kier alpha value is -1.31. The van der Waals surface area contributed by atoms with E-state index in [4.69, 9.17) is 19.3 Å². The van der Waals surface area contributed by atoms with Crippen LogP contribution in [0.25, 0.3) is 0 Å². The van der Waals surface area contributed by atoms with Gasteiger partial charge in [0.15, 0.2) is 11.9 Å². The lowest BCUT2D eigenvalue weighted by molar-refractivity contribution is -0.149. The summed E-state index contributed by atoms with van der Waals surface area (Å²) >= 11 is 0. The fraction of sp³-hybridized carbons (Fsp3) is 0.812. The Bertz CT molecular complexity index is 411. The second kappa shape index (κ2) is 9.10. The van der Waals surface area contributed by atoms with E-state index in [2.05, 4.69) is 6.92 Å². The lowest BCUT2D eigenvalue weighted by Gasteiger charge is -2.22. The van der Waals surface area contributed by atoms with Crippen LogP contribution in [0.1, 0.15) is 46.5 Å². The molecule has 1 heterocycles. The molecule has 23 heavy (non-hydrogen) atoms. The van der Waals surface area contributed by atoms with Crippen molar-refractivity contribution in [3.8, 4) is 0 Å². The number of hydrogen-bond acceptors (Lipinski definition) is 7. The molecule has 0 saturated heterocycles. The van der Waals surface area contributed by atoms with Crippen molar-refractivity contribution in [1.29, 1.82) is 0 Å². The molecular weight excluding hydrogens is 304 g/mol. The van der Waals surface area contributed by atoms with Crippen LogP contribution in [-0.2, 0) is 19.0 Å². The van der Waals surface area contributed by atoms with Crippen LogP contribution in [0.4, 0.5) is 0 Å². The van der Waals surface area contributed by atoms with Gasteiger partial charge >= 0.3 is 5.97 Å². The number of carbonyl (C=O) groups excluding carboxylic acids is 1. The topological polar surface area (TPSA) is 105 Å². The van der Waals surface area contributed by atoms with Crippen molar-refractivity contribution in [1.82, 2.24) is 0 Å². The standard InChI is InChI=1S/C16H28O7/c1-4-5-6-7-8-21-14-13(22-10-16(2,3)20)12(11(18)9-17)23-15(14)19/h11-12,17-18,20H,4-10H2,1-3H3/t11-,12+/m0/s1. The Morgan fingerprint density at radius 3 is 2.52 bits per heavy atom. The monoisotopic (exact) mass is 332 g/mol. The molecule has 1 rings (SSSR count). The highest BCUT2D eigenvalue weighted by atomic mass is 16.6. The molecule has 0 amide bonds. The van der Waals surface area contributed by atoms with Crippen molar-refractivity contribution >= 4 is 5.97 Å². The van der Waals surface area contributed by atoms with E-state index in [1.807, 2.05) is 0 Å². The maximum atomic E-state index is 11.9. The van der Waals surface area contributed by atoms with Crippen molar-refractivity contribution in [2.24, 2.45) is 0 Å². The average molecular weight is 332 g/mol. The molecule has 1 aliphatic rings. The van der Waals surface area contributed by atoms with E-state index in [-0.39, 0.29) is 18.1 Å². The zero-order valence-electron chi connectivity index (χ0n) is 14.1. The first-order valence-electron chi connectivity index (χ1n) is 8.02. The minimum atomic E-state index is -1.31. The molecule has 134 valence electrons. The van der Waals surface area contributed by atoms with E-state index < -0.39 is 30.4 Å². The third kappa shape index (κ3) is 6.37. The van der Waals surface area contributed by atoms with Gasteiger partial charge in [0.25, 0.3) is 0 Å². The second-order valence-corrected chi connectivity index (χ2v) is 6.28. The van der Waals surface area contributed by atoms with Gasteiger partial charge in [-0.2, -0.15) is 0 Å². The maximum Gasteiger partial charge on any atom is 0.378 e. The number of unbranched alkanes of at least 4 members (excludes halogenated alkanes) is 3. The highest BCUT2D eigenvalue weighted by molar-refractivity contribution is 5.89. The largest absolute Gasteiger partial charge is 0.487 e. The summed E-state index contributed by atoms with van der Waals surface area (Å²) in [5.74, 6) is -0.804. The van der Waals surface area contributed by atoms with Crippen LogP contribution in [-0.4, -0.2) is 58.9 Å². The summed E-state index contributed by atoms with van der Waals surface area (Å²) in [5, 5.41) is 28.6.